The number of hydrogen-bond donors (Lipinski definition) is 2. The molecule has 1 aliphatic heterocycles. The molecule has 4 aromatic rings. The molecule has 3 aromatic heterocycles. The Morgan fingerprint density at radius 2 is 1.91 bits per heavy atom. The Morgan fingerprint density at radius 1 is 1.14 bits per heavy atom. The van der Waals surface area contributed by atoms with Gasteiger partial charge in [0.25, 0.3) is 0 Å². The van der Waals surface area contributed by atoms with E-state index in [0.29, 0.717) is 5.56 Å². The zero-order chi connectivity index (χ0) is 24.7. The van der Waals surface area contributed by atoms with Crippen molar-refractivity contribution in [1.29, 1.82) is 0 Å². The van der Waals surface area contributed by atoms with E-state index >= 15 is 0 Å². The summed E-state index contributed by atoms with van der Waals surface area (Å²) in [4.78, 5) is 31.4. The monoisotopic (exact) mass is 474 g/mol. The van der Waals surface area contributed by atoms with E-state index in [2.05, 4.69) is 55.0 Å². The molecule has 0 atom stereocenters. The Hall–Kier alpha value is -3.43. The van der Waals surface area contributed by atoms with Gasteiger partial charge in [0.15, 0.2) is 11.6 Å². The minimum absolute atomic E-state index is 0.0227. The average Bonchev–Trinajstić information content (AvgIpc) is 3.53. The van der Waals surface area contributed by atoms with Crippen molar-refractivity contribution in [2.75, 3.05) is 58.8 Å². The smallest absolute Gasteiger partial charge is 0.162 e. The number of aromatic nitrogens is 5. The molecule has 35 heavy (non-hydrogen) atoms. The predicted molar refractivity (Wildman–Crippen MR) is 140 cm³/mol. The van der Waals surface area contributed by atoms with E-state index in [4.69, 9.17) is 4.98 Å². The van der Waals surface area contributed by atoms with E-state index in [9.17, 15) is 4.79 Å². The van der Waals surface area contributed by atoms with Crippen LogP contribution in [0.1, 0.15) is 23.0 Å². The molecule has 1 aromatic carbocycles. The Balaban J connectivity index is 1.53. The highest BCUT2D eigenvalue weighted by Crippen LogP contribution is 2.36. The first-order valence-corrected chi connectivity index (χ1v) is 12.1. The van der Waals surface area contributed by atoms with Gasteiger partial charge in [0, 0.05) is 67.0 Å². The number of Topliss-reactive ketones (excluding diaryl/α,β-unsaturated/α-hetero) is 1. The van der Waals surface area contributed by atoms with E-state index in [0.717, 1.165) is 78.6 Å². The third kappa shape index (κ3) is 4.61. The summed E-state index contributed by atoms with van der Waals surface area (Å²) in [5.74, 6) is 0.747. The fourth-order valence-corrected chi connectivity index (χ4v) is 4.83. The molecule has 0 bridgehead atoms. The van der Waals surface area contributed by atoms with Crippen LogP contribution in [0.4, 0.5) is 5.69 Å². The summed E-state index contributed by atoms with van der Waals surface area (Å²) in [6, 6.07) is 6.40. The van der Waals surface area contributed by atoms with E-state index in [1.54, 1.807) is 6.92 Å². The number of aromatic amines is 2. The summed E-state index contributed by atoms with van der Waals surface area (Å²) in [6.07, 6.45) is 3.85. The second-order valence-corrected chi connectivity index (χ2v) is 9.80. The van der Waals surface area contributed by atoms with Crippen LogP contribution in [0.5, 0.6) is 0 Å². The highest BCUT2D eigenvalue weighted by atomic mass is 16.1. The second-order valence-electron chi connectivity index (χ2n) is 9.80. The minimum atomic E-state index is 0.0227. The number of carbonyl (C=O) groups is 1. The fraction of sp³-hybridized carbons (Fsp3) is 0.423. The highest BCUT2D eigenvalue weighted by Gasteiger charge is 2.24. The van der Waals surface area contributed by atoms with Gasteiger partial charge in [-0.05, 0) is 53.2 Å². The van der Waals surface area contributed by atoms with Crippen LogP contribution in [-0.2, 0) is 6.54 Å². The summed E-state index contributed by atoms with van der Waals surface area (Å²) in [6.45, 7) is 9.38. The number of imidazole rings is 1. The van der Waals surface area contributed by atoms with Gasteiger partial charge in [-0.15, -0.1) is 0 Å². The molecule has 9 nitrogen and oxygen atoms in total. The number of nitrogens with zero attached hydrogens (tertiary/aromatic N) is 6. The maximum Gasteiger partial charge on any atom is 0.162 e. The third-order valence-corrected chi connectivity index (χ3v) is 6.81. The molecular formula is C26H34N8O. The largest absolute Gasteiger partial charge is 0.369 e. The standard InChI is InChI=1S/C26H34N8O/c1-17-23(18(2)35)24(19-15-27-34(16-19)13-8-31(3)4)25(28-17)26-29-21-7-6-20(14-22(21)30-26)33-11-9-32(5)10-12-33/h6-7,14-16,28H,8-13H2,1-5H3,(H,29,30). The summed E-state index contributed by atoms with van der Waals surface area (Å²) in [5, 5.41) is 4.55. The first-order chi connectivity index (χ1) is 16.8. The SMILES string of the molecule is CC(=O)c1c(C)[nH]c(-c2nc3ccc(N4CCN(C)CC4)cc3[nH]2)c1-c1cnn(CCN(C)C)c1. The van der Waals surface area contributed by atoms with Crippen molar-refractivity contribution in [3.63, 3.8) is 0 Å². The van der Waals surface area contributed by atoms with E-state index in [1.807, 2.05) is 38.1 Å². The number of piperazine rings is 1. The molecule has 4 heterocycles. The maximum atomic E-state index is 12.6. The second kappa shape index (κ2) is 9.31. The topological polar surface area (TPSA) is 89.1 Å². The quantitative estimate of drug-likeness (QED) is 0.400. The average molecular weight is 475 g/mol. The van der Waals surface area contributed by atoms with Crippen LogP contribution in [0.2, 0.25) is 0 Å². The van der Waals surface area contributed by atoms with Gasteiger partial charge in [-0.1, -0.05) is 0 Å². The van der Waals surface area contributed by atoms with Gasteiger partial charge in [0.05, 0.1) is 29.5 Å². The molecule has 2 N–H and O–H groups in total. The summed E-state index contributed by atoms with van der Waals surface area (Å²) < 4.78 is 1.92. The lowest BCUT2D eigenvalue weighted by molar-refractivity contribution is 0.101. The van der Waals surface area contributed by atoms with Gasteiger partial charge in [0.1, 0.15) is 0 Å². The third-order valence-electron chi connectivity index (χ3n) is 6.81. The minimum Gasteiger partial charge on any atom is -0.369 e. The van der Waals surface area contributed by atoms with Crippen molar-refractivity contribution in [1.82, 2.24) is 34.5 Å². The molecule has 1 saturated heterocycles. The molecule has 0 unspecified atom stereocenters. The Morgan fingerprint density at radius 3 is 2.63 bits per heavy atom. The van der Waals surface area contributed by atoms with Crippen molar-refractivity contribution in [3.8, 4) is 22.6 Å². The molecule has 1 aliphatic rings. The fourth-order valence-electron chi connectivity index (χ4n) is 4.83. The first kappa shape index (κ1) is 23.3. The number of anilines is 1. The Bertz CT molecular complexity index is 1350. The number of fused-ring (bicyclic) bond motifs is 1. The number of carbonyl (C=O) groups excluding carboxylic acids is 1. The molecule has 0 aliphatic carbocycles. The zero-order valence-corrected chi connectivity index (χ0v) is 21.2. The van der Waals surface area contributed by atoms with Crippen LogP contribution in [0.25, 0.3) is 33.7 Å². The molecular weight excluding hydrogens is 440 g/mol. The van der Waals surface area contributed by atoms with Crippen molar-refractivity contribution < 1.29 is 4.79 Å². The maximum absolute atomic E-state index is 12.6. The Labute approximate surface area is 205 Å². The normalized spacial score (nSPS) is 15.0. The zero-order valence-electron chi connectivity index (χ0n) is 21.2. The number of nitrogens with one attached hydrogen (secondary N) is 2. The lowest BCUT2D eigenvalue weighted by Crippen LogP contribution is -2.44. The van der Waals surface area contributed by atoms with Crippen LogP contribution in [0.3, 0.4) is 0 Å². The van der Waals surface area contributed by atoms with Crippen LogP contribution < -0.4 is 4.90 Å². The van der Waals surface area contributed by atoms with Gasteiger partial charge < -0.3 is 24.7 Å². The number of ketones is 1. The lowest BCUT2D eigenvalue weighted by atomic mass is 10.0. The van der Waals surface area contributed by atoms with Crippen molar-refractivity contribution in [3.05, 3.63) is 41.9 Å². The molecule has 0 amide bonds. The van der Waals surface area contributed by atoms with Crippen molar-refractivity contribution in [2.45, 2.75) is 20.4 Å². The van der Waals surface area contributed by atoms with Gasteiger partial charge in [-0.2, -0.15) is 5.10 Å². The predicted octanol–water partition coefficient (Wildman–Crippen LogP) is 3.25. The van der Waals surface area contributed by atoms with Crippen LogP contribution in [0, 0.1) is 6.92 Å². The summed E-state index contributed by atoms with van der Waals surface area (Å²) in [7, 11) is 6.25. The molecule has 9 heteroatoms. The number of aryl methyl sites for hydroxylation is 1. The van der Waals surface area contributed by atoms with E-state index in [-0.39, 0.29) is 5.78 Å². The van der Waals surface area contributed by atoms with Crippen LogP contribution in [0.15, 0.2) is 30.6 Å². The summed E-state index contributed by atoms with van der Waals surface area (Å²) in [5.41, 5.74) is 7.19. The van der Waals surface area contributed by atoms with Crippen LogP contribution >= 0.6 is 0 Å². The summed E-state index contributed by atoms with van der Waals surface area (Å²) >= 11 is 0. The van der Waals surface area contributed by atoms with Crippen molar-refractivity contribution in [2.24, 2.45) is 0 Å². The van der Waals surface area contributed by atoms with Gasteiger partial charge in [-0.3, -0.25) is 9.48 Å². The molecule has 184 valence electrons. The number of H-pyrrole nitrogens is 2. The Kier molecular flexibility index (Phi) is 6.21. The van der Waals surface area contributed by atoms with Crippen molar-refractivity contribution >= 4 is 22.5 Å². The van der Waals surface area contributed by atoms with E-state index < -0.39 is 0 Å². The van der Waals surface area contributed by atoms with Crippen LogP contribution in [-0.4, -0.2) is 94.2 Å². The lowest BCUT2D eigenvalue weighted by Gasteiger charge is -2.34. The first-order valence-electron chi connectivity index (χ1n) is 12.1. The molecule has 0 radical (unpaired) electrons. The number of rotatable bonds is 7. The van der Waals surface area contributed by atoms with Gasteiger partial charge >= 0.3 is 0 Å². The molecule has 0 saturated carbocycles. The van der Waals surface area contributed by atoms with E-state index in [1.165, 1.54) is 5.69 Å². The molecule has 5 rings (SSSR count). The molecule has 1 fully saturated rings. The van der Waals surface area contributed by atoms with Gasteiger partial charge in [-0.25, -0.2) is 4.98 Å². The number of likely N-dealkylation sites (N-methyl/N-ethyl adjacent to an activating group) is 2. The number of benzene rings is 1. The van der Waals surface area contributed by atoms with Gasteiger partial charge in [0.2, 0.25) is 0 Å². The highest BCUT2D eigenvalue weighted by molar-refractivity contribution is 6.05. The molecule has 0 spiro atoms. The number of hydrogen-bond acceptors (Lipinski definition) is 6.